The Morgan fingerprint density at radius 1 is 1.33 bits per heavy atom. The van der Waals surface area contributed by atoms with E-state index in [2.05, 4.69) is 49.2 Å². The van der Waals surface area contributed by atoms with E-state index in [0.29, 0.717) is 6.04 Å². The van der Waals surface area contributed by atoms with Gasteiger partial charge in [0.05, 0.1) is 7.11 Å². The summed E-state index contributed by atoms with van der Waals surface area (Å²) in [5.41, 5.74) is 1.27. The van der Waals surface area contributed by atoms with E-state index in [9.17, 15) is 0 Å². The number of hydrogen-bond acceptors (Lipinski definition) is 3. The van der Waals surface area contributed by atoms with Gasteiger partial charge in [-0.05, 0) is 37.4 Å². The van der Waals surface area contributed by atoms with Crippen LogP contribution in [0.3, 0.4) is 0 Å². The predicted molar refractivity (Wildman–Crippen MR) is 88.8 cm³/mol. The summed E-state index contributed by atoms with van der Waals surface area (Å²) in [6, 6.07) is 8.72. The first kappa shape index (κ1) is 16.3. The maximum atomic E-state index is 5.54. The van der Waals surface area contributed by atoms with Gasteiger partial charge in [-0.2, -0.15) is 0 Å². The average Bonchev–Trinajstić information content (AvgIpc) is 2.95. The molecule has 3 nitrogen and oxygen atoms in total. The molecule has 0 aliphatic carbocycles. The second-order valence-corrected chi connectivity index (χ2v) is 6.40. The molecule has 0 spiro atoms. The molecule has 2 unspecified atom stereocenters. The molecule has 2 rings (SSSR count). The predicted octanol–water partition coefficient (Wildman–Crippen LogP) is 3.32. The second-order valence-electron chi connectivity index (χ2n) is 6.40. The minimum absolute atomic E-state index is 0.345. The van der Waals surface area contributed by atoms with Crippen LogP contribution >= 0.6 is 0 Å². The third-order valence-corrected chi connectivity index (χ3v) is 4.66. The Morgan fingerprint density at radius 3 is 2.71 bits per heavy atom. The van der Waals surface area contributed by atoms with Gasteiger partial charge in [-0.25, -0.2) is 0 Å². The molecule has 1 heterocycles. The van der Waals surface area contributed by atoms with Crippen molar-refractivity contribution in [1.29, 1.82) is 0 Å². The lowest BCUT2D eigenvalue weighted by Crippen LogP contribution is -2.34. The number of likely N-dealkylation sites (N-methyl/N-ethyl adjacent to an activating group) is 1. The number of nitrogens with zero attached hydrogens (tertiary/aromatic N) is 1. The highest BCUT2D eigenvalue weighted by Gasteiger charge is 2.27. The first-order chi connectivity index (χ1) is 10.2. The van der Waals surface area contributed by atoms with E-state index < -0.39 is 0 Å². The zero-order chi connectivity index (χ0) is 15.2. The van der Waals surface area contributed by atoms with Crippen molar-refractivity contribution in [1.82, 2.24) is 10.2 Å². The molecule has 0 aromatic heterocycles. The van der Waals surface area contributed by atoms with Crippen LogP contribution in [0.25, 0.3) is 0 Å². The van der Waals surface area contributed by atoms with E-state index in [-0.39, 0.29) is 0 Å². The van der Waals surface area contributed by atoms with E-state index in [1.54, 1.807) is 7.11 Å². The summed E-state index contributed by atoms with van der Waals surface area (Å²) in [5, 5.41) is 3.62. The van der Waals surface area contributed by atoms with Gasteiger partial charge >= 0.3 is 0 Å². The summed E-state index contributed by atoms with van der Waals surface area (Å²) < 4.78 is 5.54. The van der Waals surface area contributed by atoms with Crippen molar-refractivity contribution in [3.05, 3.63) is 29.8 Å². The maximum absolute atomic E-state index is 5.54. The molecule has 0 bridgehead atoms. The van der Waals surface area contributed by atoms with Crippen LogP contribution in [0.1, 0.15) is 38.8 Å². The van der Waals surface area contributed by atoms with Crippen molar-refractivity contribution in [2.45, 2.75) is 33.2 Å². The fourth-order valence-corrected chi connectivity index (χ4v) is 3.30. The third-order valence-electron chi connectivity index (χ3n) is 4.66. The van der Waals surface area contributed by atoms with Crippen molar-refractivity contribution in [3.63, 3.8) is 0 Å². The number of nitrogens with one attached hydrogen (secondary N) is 1. The van der Waals surface area contributed by atoms with E-state index in [1.165, 1.54) is 25.1 Å². The summed E-state index contributed by atoms with van der Waals surface area (Å²) in [5.74, 6) is 2.63. The van der Waals surface area contributed by atoms with Gasteiger partial charge in [-0.3, -0.25) is 0 Å². The Bertz CT molecular complexity index is 433. The first-order valence-corrected chi connectivity index (χ1v) is 8.24. The number of para-hydroxylation sites is 1. The van der Waals surface area contributed by atoms with Crippen LogP contribution in [0.5, 0.6) is 5.75 Å². The van der Waals surface area contributed by atoms with Crippen molar-refractivity contribution in [2.75, 3.05) is 33.3 Å². The Labute approximate surface area is 129 Å². The summed E-state index contributed by atoms with van der Waals surface area (Å²) in [4.78, 5) is 2.60. The van der Waals surface area contributed by atoms with Crippen molar-refractivity contribution in [2.24, 2.45) is 11.8 Å². The zero-order valence-corrected chi connectivity index (χ0v) is 13.9. The van der Waals surface area contributed by atoms with E-state index in [0.717, 1.165) is 30.7 Å². The van der Waals surface area contributed by atoms with Crippen LogP contribution in [0.15, 0.2) is 24.3 Å². The smallest absolute Gasteiger partial charge is 0.123 e. The fourth-order valence-electron chi connectivity index (χ4n) is 3.30. The lowest BCUT2D eigenvalue weighted by Gasteiger charge is -2.26. The molecule has 0 radical (unpaired) electrons. The van der Waals surface area contributed by atoms with Crippen molar-refractivity contribution < 1.29 is 4.74 Å². The molecule has 21 heavy (non-hydrogen) atoms. The number of hydrogen-bond donors (Lipinski definition) is 1. The highest BCUT2D eigenvalue weighted by Crippen LogP contribution is 2.29. The van der Waals surface area contributed by atoms with E-state index >= 15 is 0 Å². The monoisotopic (exact) mass is 290 g/mol. The van der Waals surface area contributed by atoms with Gasteiger partial charge in [0.2, 0.25) is 0 Å². The summed E-state index contributed by atoms with van der Waals surface area (Å²) >= 11 is 0. The number of benzene rings is 1. The van der Waals surface area contributed by atoms with Crippen LogP contribution < -0.4 is 10.1 Å². The van der Waals surface area contributed by atoms with Crippen LogP contribution in [-0.2, 0) is 0 Å². The minimum atomic E-state index is 0.345. The van der Waals surface area contributed by atoms with Crippen LogP contribution in [0.2, 0.25) is 0 Å². The van der Waals surface area contributed by atoms with Crippen LogP contribution in [-0.4, -0.2) is 38.2 Å². The quantitative estimate of drug-likeness (QED) is 0.833. The molecule has 1 aromatic carbocycles. The van der Waals surface area contributed by atoms with Gasteiger partial charge in [0.15, 0.2) is 0 Å². The number of likely N-dealkylation sites (tertiary alicyclic amines) is 1. The van der Waals surface area contributed by atoms with Gasteiger partial charge in [-0.1, -0.05) is 39.0 Å². The molecule has 1 saturated heterocycles. The number of methoxy groups -OCH3 is 1. The van der Waals surface area contributed by atoms with Gasteiger partial charge in [0.1, 0.15) is 5.75 Å². The summed E-state index contributed by atoms with van der Waals surface area (Å²) in [7, 11) is 1.76. The first-order valence-electron chi connectivity index (χ1n) is 8.24. The van der Waals surface area contributed by atoms with E-state index in [4.69, 9.17) is 4.74 Å². The summed E-state index contributed by atoms with van der Waals surface area (Å²) in [6.45, 7) is 11.4. The third kappa shape index (κ3) is 4.21. The molecule has 118 valence electrons. The molecule has 3 heteroatoms. The Morgan fingerprint density at radius 2 is 2.10 bits per heavy atom. The highest BCUT2D eigenvalue weighted by molar-refractivity contribution is 5.36. The Balaban J connectivity index is 2.06. The highest BCUT2D eigenvalue weighted by atomic mass is 16.5. The normalized spacial score (nSPS) is 20.9. The minimum Gasteiger partial charge on any atom is -0.496 e. The largest absolute Gasteiger partial charge is 0.496 e. The van der Waals surface area contributed by atoms with Crippen molar-refractivity contribution in [3.8, 4) is 5.75 Å². The molecule has 1 aromatic rings. The second kappa shape index (κ2) is 7.81. The SMILES string of the molecule is CCNC(CN1CCC(C(C)C)C1)c1ccccc1OC. The van der Waals surface area contributed by atoms with Gasteiger partial charge in [-0.15, -0.1) is 0 Å². The number of ether oxygens (including phenoxy) is 1. The Kier molecular flexibility index (Phi) is 6.07. The summed E-state index contributed by atoms with van der Waals surface area (Å²) in [6.07, 6.45) is 1.34. The Hall–Kier alpha value is -1.06. The molecule has 0 saturated carbocycles. The molecule has 1 fully saturated rings. The molecule has 1 aliphatic heterocycles. The van der Waals surface area contributed by atoms with Crippen molar-refractivity contribution >= 4 is 0 Å². The van der Waals surface area contributed by atoms with Crippen LogP contribution in [0.4, 0.5) is 0 Å². The molecular weight excluding hydrogens is 260 g/mol. The maximum Gasteiger partial charge on any atom is 0.123 e. The molecular formula is C18H30N2O. The van der Waals surface area contributed by atoms with Gasteiger partial charge < -0.3 is 15.0 Å². The molecule has 2 atom stereocenters. The molecule has 0 amide bonds. The standard InChI is InChI=1S/C18H30N2O/c1-5-19-17(16-8-6-7-9-18(16)21-4)13-20-11-10-15(12-20)14(2)3/h6-9,14-15,17,19H,5,10-13H2,1-4H3. The zero-order valence-electron chi connectivity index (χ0n) is 13.9. The lowest BCUT2D eigenvalue weighted by atomic mass is 9.95. The number of rotatable bonds is 7. The van der Waals surface area contributed by atoms with Gasteiger partial charge in [0, 0.05) is 24.7 Å². The topological polar surface area (TPSA) is 24.5 Å². The van der Waals surface area contributed by atoms with Crippen LogP contribution in [0, 0.1) is 11.8 Å². The fraction of sp³-hybridized carbons (Fsp3) is 0.667. The average molecular weight is 290 g/mol. The molecule has 1 N–H and O–H groups in total. The lowest BCUT2D eigenvalue weighted by molar-refractivity contribution is 0.268. The van der Waals surface area contributed by atoms with E-state index in [1.807, 2.05) is 6.07 Å². The molecule has 1 aliphatic rings. The van der Waals surface area contributed by atoms with Gasteiger partial charge in [0.25, 0.3) is 0 Å².